The summed E-state index contributed by atoms with van der Waals surface area (Å²) in [4.78, 5) is 35.7. The quantitative estimate of drug-likeness (QED) is 0.534. The van der Waals surface area contributed by atoms with E-state index in [2.05, 4.69) is 9.97 Å². The lowest BCUT2D eigenvalue weighted by atomic mass is 10.2. The van der Waals surface area contributed by atoms with E-state index in [0.717, 1.165) is 17.0 Å². The summed E-state index contributed by atoms with van der Waals surface area (Å²) in [5.41, 5.74) is 4.30. The Morgan fingerprint density at radius 1 is 0.967 bits per heavy atom. The first-order valence-corrected chi connectivity index (χ1v) is 9.70. The Morgan fingerprint density at radius 3 is 2.37 bits per heavy atom. The highest BCUT2D eigenvalue weighted by Gasteiger charge is 2.17. The molecule has 30 heavy (non-hydrogen) atoms. The fourth-order valence-corrected chi connectivity index (χ4v) is 2.96. The number of methoxy groups -OCH3 is 1. The van der Waals surface area contributed by atoms with Gasteiger partial charge in [-0.3, -0.25) is 4.79 Å². The zero-order valence-corrected chi connectivity index (χ0v) is 17.4. The van der Waals surface area contributed by atoms with Gasteiger partial charge in [0.25, 0.3) is 5.91 Å². The van der Waals surface area contributed by atoms with Crippen molar-refractivity contribution < 1.29 is 19.1 Å². The summed E-state index contributed by atoms with van der Waals surface area (Å²) in [6.07, 6.45) is 0. The van der Waals surface area contributed by atoms with Crippen molar-refractivity contribution in [3.05, 3.63) is 71.0 Å². The number of carbonyl (C=O) groups excluding carboxylic acids is 2. The van der Waals surface area contributed by atoms with Crippen LogP contribution in [0.1, 0.15) is 27.3 Å². The molecule has 0 radical (unpaired) electrons. The van der Waals surface area contributed by atoms with Crippen LogP contribution in [0.15, 0.2) is 48.5 Å². The van der Waals surface area contributed by atoms with Crippen LogP contribution in [0.2, 0.25) is 0 Å². The number of hydrogen-bond donors (Lipinski definition) is 0. The number of ether oxygens (including phenoxy) is 2. The van der Waals surface area contributed by atoms with Crippen LogP contribution < -0.4 is 0 Å². The molecule has 0 atom stereocenters. The molecule has 0 bridgehead atoms. The van der Waals surface area contributed by atoms with Gasteiger partial charge in [-0.2, -0.15) is 0 Å². The number of nitrogens with zero attached hydrogens (tertiary/aromatic N) is 3. The summed E-state index contributed by atoms with van der Waals surface area (Å²) in [6.45, 7) is 4.64. The molecular formula is C23H25N3O4. The third-order valence-electron chi connectivity index (χ3n) is 4.77. The number of rotatable bonds is 8. The van der Waals surface area contributed by atoms with E-state index in [9.17, 15) is 9.59 Å². The van der Waals surface area contributed by atoms with Gasteiger partial charge in [-0.05, 0) is 37.6 Å². The molecule has 0 aliphatic heterocycles. The van der Waals surface area contributed by atoms with Gasteiger partial charge in [0.2, 0.25) is 0 Å². The minimum atomic E-state index is -0.573. The van der Waals surface area contributed by atoms with Crippen LogP contribution in [0.4, 0.5) is 0 Å². The molecule has 1 heterocycles. The summed E-state index contributed by atoms with van der Waals surface area (Å²) in [5, 5.41) is 0. The second-order valence-corrected chi connectivity index (χ2v) is 6.97. The Hall–Kier alpha value is -3.32. The molecule has 2 aromatic carbocycles. The van der Waals surface area contributed by atoms with E-state index < -0.39 is 5.97 Å². The summed E-state index contributed by atoms with van der Waals surface area (Å²) < 4.78 is 10.4. The minimum Gasteiger partial charge on any atom is -0.452 e. The molecule has 0 fully saturated rings. The Morgan fingerprint density at radius 2 is 1.67 bits per heavy atom. The van der Waals surface area contributed by atoms with Crippen molar-refractivity contribution >= 4 is 22.9 Å². The van der Waals surface area contributed by atoms with Crippen molar-refractivity contribution in [2.24, 2.45) is 0 Å². The Labute approximate surface area is 175 Å². The van der Waals surface area contributed by atoms with Gasteiger partial charge in [0.05, 0.1) is 34.6 Å². The lowest BCUT2D eigenvalue weighted by molar-refractivity contribution is -0.135. The van der Waals surface area contributed by atoms with E-state index in [-0.39, 0.29) is 12.5 Å². The van der Waals surface area contributed by atoms with Gasteiger partial charge in [0, 0.05) is 20.2 Å². The van der Waals surface area contributed by atoms with Crippen molar-refractivity contribution in [2.75, 3.05) is 26.9 Å². The van der Waals surface area contributed by atoms with Crippen LogP contribution >= 0.6 is 0 Å². The van der Waals surface area contributed by atoms with E-state index in [1.165, 1.54) is 0 Å². The number of carbonyl (C=O) groups is 2. The van der Waals surface area contributed by atoms with Crippen molar-refractivity contribution in [1.29, 1.82) is 0 Å². The molecule has 0 aliphatic carbocycles. The standard InChI is InChI=1S/C23H25N3O4/c1-16-17(2)25-21-13-19(9-10-20(21)24-16)23(28)30-15-22(27)26(11-12-29-3)14-18-7-5-4-6-8-18/h4-10,13H,11-12,14-15H2,1-3H3. The first-order chi connectivity index (χ1) is 14.5. The topological polar surface area (TPSA) is 81.6 Å². The molecule has 0 spiro atoms. The SMILES string of the molecule is COCCN(Cc1ccccc1)C(=O)COC(=O)c1ccc2nc(C)c(C)nc2c1. The average Bonchev–Trinajstić information content (AvgIpc) is 2.76. The first kappa shape index (κ1) is 21.4. The van der Waals surface area contributed by atoms with Crippen LogP contribution in [-0.4, -0.2) is 53.6 Å². The molecule has 156 valence electrons. The molecule has 1 amide bonds. The molecule has 7 heteroatoms. The third kappa shape index (κ3) is 5.39. The summed E-state index contributed by atoms with van der Waals surface area (Å²) >= 11 is 0. The predicted octanol–water partition coefficient (Wildman–Crippen LogP) is 3.08. The maximum Gasteiger partial charge on any atom is 0.338 e. The largest absolute Gasteiger partial charge is 0.452 e. The van der Waals surface area contributed by atoms with E-state index in [4.69, 9.17) is 9.47 Å². The number of hydrogen-bond acceptors (Lipinski definition) is 6. The number of benzene rings is 2. The number of aryl methyl sites for hydroxylation is 2. The fraction of sp³-hybridized carbons (Fsp3) is 0.304. The predicted molar refractivity (Wildman–Crippen MR) is 113 cm³/mol. The molecule has 0 saturated carbocycles. The highest BCUT2D eigenvalue weighted by Crippen LogP contribution is 2.15. The zero-order chi connectivity index (χ0) is 21.5. The van der Waals surface area contributed by atoms with Crippen LogP contribution in [0.5, 0.6) is 0 Å². The minimum absolute atomic E-state index is 0.281. The van der Waals surface area contributed by atoms with Gasteiger partial charge in [-0.1, -0.05) is 30.3 Å². The van der Waals surface area contributed by atoms with Gasteiger partial charge in [0.1, 0.15) is 0 Å². The monoisotopic (exact) mass is 407 g/mol. The molecular weight excluding hydrogens is 382 g/mol. The smallest absolute Gasteiger partial charge is 0.338 e. The van der Waals surface area contributed by atoms with Gasteiger partial charge >= 0.3 is 5.97 Å². The van der Waals surface area contributed by atoms with Crippen LogP contribution in [0.25, 0.3) is 11.0 Å². The van der Waals surface area contributed by atoms with Gasteiger partial charge in [-0.25, -0.2) is 14.8 Å². The van der Waals surface area contributed by atoms with Crippen LogP contribution in [0, 0.1) is 13.8 Å². The van der Waals surface area contributed by atoms with Gasteiger partial charge < -0.3 is 14.4 Å². The summed E-state index contributed by atoms with van der Waals surface area (Å²) in [6, 6.07) is 14.6. The van der Waals surface area contributed by atoms with Gasteiger partial charge in [-0.15, -0.1) is 0 Å². The first-order valence-electron chi connectivity index (χ1n) is 9.70. The van der Waals surface area contributed by atoms with E-state index in [1.54, 1.807) is 30.2 Å². The highest BCUT2D eigenvalue weighted by atomic mass is 16.5. The van der Waals surface area contributed by atoms with Crippen molar-refractivity contribution in [3.63, 3.8) is 0 Å². The fourth-order valence-electron chi connectivity index (χ4n) is 2.96. The molecule has 3 aromatic rings. The van der Waals surface area contributed by atoms with E-state index in [1.807, 2.05) is 44.2 Å². The maximum absolute atomic E-state index is 12.7. The Bertz CT molecular complexity index is 1040. The molecule has 1 aromatic heterocycles. The normalized spacial score (nSPS) is 10.8. The second kappa shape index (κ2) is 9.93. The zero-order valence-electron chi connectivity index (χ0n) is 17.4. The maximum atomic E-state index is 12.7. The van der Waals surface area contributed by atoms with Crippen molar-refractivity contribution in [2.45, 2.75) is 20.4 Å². The van der Waals surface area contributed by atoms with Gasteiger partial charge in [0.15, 0.2) is 6.61 Å². The molecule has 0 N–H and O–H groups in total. The van der Waals surface area contributed by atoms with E-state index >= 15 is 0 Å². The third-order valence-corrected chi connectivity index (χ3v) is 4.77. The van der Waals surface area contributed by atoms with Crippen molar-refractivity contribution in [3.8, 4) is 0 Å². The summed E-state index contributed by atoms with van der Waals surface area (Å²) in [5.74, 6) is -0.854. The Balaban J connectivity index is 1.66. The molecule has 7 nitrogen and oxygen atoms in total. The average molecular weight is 407 g/mol. The highest BCUT2D eigenvalue weighted by molar-refractivity contribution is 5.94. The number of fused-ring (bicyclic) bond motifs is 1. The number of amides is 1. The second-order valence-electron chi connectivity index (χ2n) is 6.97. The van der Waals surface area contributed by atoms with Crippen molar-refractivity contribution in [1.82, 2.24) is 14.9 Å². The molecule has 0 unspecified atom stereocenters. The van der Waals surface area contributed by atoms with Crippen LogP contribution in [-0.2, 0) is 20.8 Å². The number of aromatic nitrogens is 2. The Kier molecular flexibility index (Phi) is 7.08. The summed E-state index contributed by atoms with van der Waals surface area (Å²) in [7, 11) is 1.58. The molecule has 0 saturated heterocycles. The number of esters is 1. The molecule has 0 aliphatic rings. The lowest BCUT2D eigenvalue weighted by Crippen LogP contribution is -2.36. The lowest BCUT2D eigenvalue weighted by Gasteiger charge is -2.22. The molecule has 3 rings (SSSR count). The van der Waals surface area contributed by atoms with E-state index in [0.29, 0.717) is 36.3 Å². The van der Waals surface area contributed by atoms with Crippen LogP contribution in [0.3, 0.4) is 0 Å².